The van der Waals surface area contributed by atoms with Crippen molar-refractivity contribution in [3.05, 3.63) is 59.5 Å². The number of aliphatic hydroxyl groups is 1. The summed E-state index contributed by atoms with van der Waals surface area (Å²) in [4.78, 5) is 7.21. The van der Waals surface area contributed by atoms with E-state index >= 15 is 0 Å². The van der Waals surface area contributed by atoms with Gasteiger partial charge in [0.25, 0.3) is 0 Å². The van der Waals surface area contributed by atoms with Crippen LogP contribution in [0.4, 0.5) is 0 Å². The van der Waals surface area contributed by atoms with Crippen molar-refractivity contribution in [2.24, 2.45) is 10.9 Å². The number of rotatable bonds is 8. The Morgan fingerprint density at radius 1 is 1.17 bits per heavy atom. The van der Waals surface area contributed by atoms with Crippen molar-refractivity contribution in [1.29, 1.82) is 0 Å². The molecule has 1 aromatic heterocycles. The fraction of sp³-hybridized carbons (Fsp3) is 0.542. The van der Waals surface area contributed by atoms with Gasteiger partial charge in [0.1, 0.15) is 11.4 Å². The lowest BCUT2D eigenvalue weighted by Crippen LogP contribution is -2.44. The highest BCUT2D eigenvalue weighted by Crippen LogP contribution is 2.20. The molecule has 0 radical (unpaired) electrons. The lowest BCUT2D eigenvalue weighted by Gasteiger charge is -2.30. The van der Waals surface area contributed by atoms with E-state index in [0.29, 0.717) is 24.8 Å². The van der Waals surface area contributed by atoms with E-state index in [-0.39, 0.29) is 0 Å². The lowest BCUT2D eigenvalue weighted by molar-refractivity contribution is 0.0386. The molecule has 0 aliphatic carbocycles. The number of nitrogens with zero attached hydrogens (tertiary/aromatic N) is 2. The summed E-state index contributed by atoms with van der Waals surface area (Å²) in [5.74, 6) is 2.07. The second-order valence-electron chi connectivity index (χ2n) is 8.58. The molecule has 1 unspecified atom stereocenters. The van der Waals surface area contributed by atoms with Crippen molar-refractivity contribution >= 4 is 5.96 Å². The van der Waals surface area contributed by atoms with Gasteiger partial charge in [0, 0.05) is 13.1 Å². The van der Waals surface area contributed by atoms with Crippen LogP contribution in [-0.4, -0.2) is 42.1 Å². The third-order valence-corrected chi connectivity index (χ3v) is 5.72. The molecule has 1 aromatic carbocycles. The third-order valence-electron chi connectivity index (χ3n) is 5.72. The Balaban J connectivity index is 1.52. The summed E-state index contributed by atoms with van der Waals surface area (Å²) < 4.78 is 5.34. The van der Waals surface area contributed by atoms with Crippen molar-refractivity contribution in [3.63, 3.8) is 0 Å². The molecule has 2 heterocycles. The van der Waals surface area contributed by atoms with Crippen molar-refractivity contribution in [3.8, 4) is 0 Å². The third kappa shape index (κ3) is 6.61. The number of nitrogens with one attached hydrogen (secondary N) is 2. The molecule has 0 amide bonds. The van der Waals surface area contributed by atoms with Crippen LogP contribution in [0.3, 0.4) is 0 Å². The maximum atomic E-state index is 10.6. The fourth-order valence-corrected chi connectivity index (χ4v) is 3.67. The summed E-state index contributed by atoms with van der Waals surface area (Å²) in [6.45, 7) is 11.2. The maximum absolute atomic E-state index is 10.6. The Labute approximate surface area is 180 Å². The van der Waals surface area contributed by atoms with Crippen molar-refractivity contribution in [2.45, 2.75) is 52.3 Å². The summed E-state index contributed by atoms with van der Waals surface area (Å²) >= 11 is 0. The highest BCUT2D eigenvalue weighted by Gasteiger charge is 2.26. The van der Waals surface area contributed by atoms with Crippen molar-refractivity contribution in [2.75, 3.05) is 26.2 Å². The molecule has 3 N–H and O–H groups in total. The number of hydrogen-bond acceptors (Lipinski definition) is 4. The van der Waals surface area contributed by atoms with Gasteiger partial charge in [-0.1, -0.05) is 31.2 Å². The van der Waals surface area contributed by atoms with E-state index in [4.69, 9.17) is 4.42 Å². The lowest BCUT2D eigenvalue weighted by atomic mass is 9.99. The van der Waals surface area contributed by atoms with Gasteiger partial charge in [-0.15, -0.1) is 0 Å². The van der Waals surface area contributed by atoms with Crippen LogP contribution in [-0.2, 0) is 18.7 Å². The minimum Gasteiger partial charge on any atom is -0.466 e. The zero-order chi connectivity index (χ0) is 21.4. The average Bonchev–Trinajstić information content (AvgIpc) is 3.29. The number of furan rings is 1. The summed E-state index contributed by atoms with van der Waals surface area (Å²) in [6, 6.07) is 12.3. The van der Waals surface area contributed by atoms with E-state index in [0.717, 1.165) is 19.0 Å². The van der Waals surface area contributed by atoms with E-state index < -0.39 is 5.60 Å². The van der Waals surface area contributed by atoms with Crippen LogP contribution in [0.5, 0.6) is 0 Å². The molecule has 6 nitrogen and oxygen atoms in total. The molecule has 6 heteroatoms. The summed E-state index contributed by atoms with van der Waals surface area (Å²) in [5, 5.41) is 17.1. The molecule has 30 heavy (non-hydrogen) atoms. The predicted molar refractivity (Wildman–Crippen MR) is 121 cm³/mol. The first-order valence-electron chi connectivity index (χ1n) is 11.0. The van der Waals surface area contributed by atoms with E-state index in [1.54, 1.807) is 25.3 Å². The number of likely N-dealkylation sites (tertiary alicyclic amines) is 1. The van der Waals surface area contributed by atoms with Crippen molar-refractivity contribution < 1.29 is 9.52 Å². The quantitative estimate of drug-likeness (QED) is 0.457. The molecule has 1 atom stereocenters. The smallest absolute Gasteiger partial charge is 0.191 e. The molecule has 0 saturated carbocycles. The Morgan fingerprint density at radius 2 is 1.87 bits per heavy atom. The summed E-state index contributed by atoms with van der Waals surface area (Å²) in [6.07, 6.45) is 4.18. The molecule has 164 valence electrons. The normalized spacial score (nSPS) is 18.2. The first kappa shape index (κ1) is 22.4. The zero-order valence-corrected chi connectivity index (χ0v) is 18.5. The number of guanidine groups is 1. The molecule has 1 fully saturated rings. The van der Waals surface area contributed by atoms with Crippen LogP contribution in [0, 0.1) is 5.92 Å². The summed E-state index contributed by atoms with van der Waals surface area (Å²) in [7, 11) is 0. The molecule has 0 spiro atoms. The van der Waals surface area contributed by atoms with Crippen LogP contribution in [0.2, 0.25) is 0 Å². The molecule has 3 rings (SSSR count). The van der Waals surface area contributed by atoms with E-state index in [9.17, 15) is 5.11 Å². The van der Waals surface area contributed by atoms with Gasteiger partial charge in [0.15, 0.2) is 5.96 Å². The molecule has 2 aromatic rings. The first-order chi connectivity index (χ1) is 14.5. The zero-order valence-electron chi connectivity index (χ0n) is 18.5. The highest BCUT2D eigenvalue weighted by molar-refractivity contribution is 5.79. The van der Waals surface area contributed by atoms with Gasteiger partial charge in [0.2, 0.25) is 0 Å². The fourth-order valence-electron chi connectivity index (χ4n) is 3.67. The van der Waals surface area contributed by atoms with Crippen LogP contribution in [0.1, 0.15) is 50.5 Å². The van der Waals surface area contributed by atoms with E-state index in [2.05, 4.69) is 51.7 Å². The number of piperidine rings is 1. The van der Waals surface area contributed by atoms with E-state index in [1.165, 1.54) is 37.1 Å². The first-order valence-corrected chi connectivity index (χ1v) is 11.0. The molecule has 1 aliphatic heterocycles. The number of benzene rings is 1. The van der Waals surface area contributed by atoms with Crippen molar-refractivity contribution in [1.82, 2.24) is 15.5 Å². The van der Waals surface area contributed by atoms with Crippen LogP contribution in [0.15, 0.2) is 52.1 Å². The van der Waals surface area contributed by atoms with Crippen LogP contribution in [0.25, 0.3) is 0 Å². The van der Waals surface area contributed by atoms with Crippen LogP contribution < -0.4 is 10.6 Å². The van der Waals surface area contributed by atoms with Gasteiger partial charge >= 0.3 is 0 Å². The topological polar surface area (TPSA) is 73.0 Å². The standard InChI is InChI=1S/C24H36N4O2/c1-4-25-23(27-18-24(3,29)22-6-5-15-30-22)26-16-20-7-9-21(10-8-20)17-28-13-11-19(2)12-14-28/h5-10,15,19,29H,4,11-14,16-18H2,1-3H3,(H2,25,26,27). The van der Waals surface area contributed by atoms with Gasteiger partial charge in [-0.25, -0.2) is 4.99 Å². The summed E-state index contributed by atoms with van der Waals surface area (Å²) in [5.41, 5.74) is 1.42. The van der Waals surface area contributed by atoms with Gasteiger partial charge < -0.3 is 20.2 Å². The Morgan fingerprint density at radius 3 is 2.50 bits per heavy atom. The number of aliphatic imine (C=N–C) groups is 1. The number of hydrogen-bond donors (Lipinski definition) is 3. The SMILES string of the molecule is CCNC(=NCc1ccc(CN2CCC(C)CC2)cc1)NCC(C)(O)c1ccco1. The van der Waals surface area contributed by atoms with E-state index in [1.807, 2.05) is 6.92 Å². The maximum Gasteiger partial charge on any atom is 0.191 e. The second kappa shape index (κ2) is 10.6. The largest absolute Gasteiger partial charge is 0.466 e. The predicted octanol–water partition coefficient (Wildman–Crippen LogP) is 3.47. The van der Waals surface area contributed by atoms with Crippen LogP contribution >= 0.6 is 0 Å². The Bertz CT molecular complexity index is 776. The molecule has 1 saturated heterocycles. The molecular weight excluding hydrogens is 376 g/mol. The van der Waals surface area contributed by atoms with Gasteiger partial charge in [-0.05, 0) is 69.0 Å². The second-order valence-corrected chi connectivity index (χ2v) is 8.58. The van der Waals surface area contributed by atoms with Gasteiger partial charge in [-0.3, -0.25) is 4.90 Å². The van der Waals surface area contributed by atoms with Gasteiger partial charge in [0.05, 0.1) is 19.4 Å². The molecular formula is C24H36N4O2. The Kier molecular flexibility index (Phi) is 7.94. The molecule has 0 bridgehead atoms. The molecule has 1 aliphatic rings. The highest BCUT2D eigenvalue weighted by atomic mass is 16.4. The minimum atomic E-state index is -1.10. The Hall–Kier alpha value is -2.31. The monoisotopic (exact) mass is 412 g/mol. The average molecular weight is 413 g/mol. The minimum absolute atomic E-state index is 0.305. The van der Waals surface area contributed by atoms with Gasteiger partial charge in [-0.2, -0.15) is 0 Å².